The van der Waals surface area contributed by atoms with Gasteiger partial charge >= 0.3 is 0 Å². The summed E-state index contributed by atoms with van der Waals surface area (Å²) in [5, 5.41) is 17.0. The molecule has 1 aromatic carbocycles. The Morgan fingerprint density at radius 1 is 1.16 bits per heavy atom. The zero-order valence-corrected chi connectivity index (χ0v) is 28.4. The van der Waals surface area contributed by atoms with Gasteiger partial charge in [-0.1, -0.05) is 27.7 Å². The van der Waals surface area contributed by atoms with Crippen LogP contribution in [0.4, 0.5) is 17.3 Å². The molecule has 1 saturated heterocycles. The highest BCUT2D eigenvalue weighted by Crippen LogP contribution is 2.44. The number of nitrogens with one attached hydrogen (secondary N) is 2. The molecule has 0 amide bonds. The number of nitriles is 1. The molecule has 2 aliphatic heterocycles. The highest BCUT2D eigenvalue weighted by Gasteiger charge is 2.42. The summed E-state index contributed by atoms with van der Waals surface area (Å²) < 4.78 is 18.3. The molecule has 2 aliphatic rings. The van der Waals surface area contributed by atoms with Crippen LogP contribution in [0.25, 0.3) is 11.3 Å². The van der Waals surface area contributed by atoms with Crippen molar-refractivity contribution in [3.63, 3.8) is 0 Å². The number of rotatable bonds is 9. The molecule has 4 heterocycles. The fraction of sp³-hybridized carbons (Fsp3) is 0.529. The summed E-state index contributed by atoms with van der Waals surface area (Å²) in [6, 6.07) is 12.4. The third-order valence-corrected chi connectivity index (χ3v) is 13.7. The maximum absolute atomic E-state index is 10.1. The van der Waals surface area contributed by atoms with Crippen LogP contribution >= 0.6 is 0 Å². The monoisotopic (exact) mass is 614 g/mol. The van der Waals surface area contributed by atoms with E-state index in [0.717, 1.165) is 54.3 Å². The molecule has 0 aliphatic carbocycles. The van der Waals surface area contributed by atoms with Crippen molar-refractivity contribution in [3.8, 4) is 23.2 Å². The normalized spacial score (nSPS) is 18.9. The number of ether oxygens (including phenoxy) is 2. The maximum atomic E-state index is 10.1. The fourth-order valence-corrected chi connectivity index (χ4v) is 6.50. The molecule has 5 rings (SSSR count). The number of nitrogens with zero attached hydrogens (tertiary/aromatic N) is 4. The average Bonchev–Trinajstić information content (AvgIpc) is 3.33. The molecule has 9 nitrogen and oxygen atoms in total. The van der Waals surface area contributed by atoms with Gasteiger partial charge in [0.25, 0.3) is 0 Å². The van der Waals surface area contributed by atoms with Crippen molar-refractivity contribution in [2.45, 2.75) is 90.0 Å². The molecule has 10 heteroatoms. The van der Waals surface area contributed by atoms with Crippen molar-refractivity contribution in [2.75, 3.05) is 37.0 Å². The Hall–Kier alpha value is -3.52. The van der Waals surface area contributed by atoms with Crippen LogP contribution in [0, 0.1) is 11.3 Å². The molecule has 1 atom stereocenters. The first-order valence-electron chi connectivity index (χ1n) is 15.6. The lowest BCUT2D eigenvalue weighted by Crippen LogP contribution is -2.45. The molecule has 0 unspecified atom stereocenters. The van der Waals surface area contributed by atoms with Gasteiger partial charge in [-0.3, -0.25) is 0 Å². The Labute approximate surface area is 262 Å². The lowest BCUT2D eigenvalue weighted by atomic mass is 9.83. The van der Waals surface area contributed by atoms with Gasteiger partial charge in [0.15, 0.2) is 8.32 Å². The van der Waals surface area contributed by atoms with Crippen molar-refractivity contribution in [1.82, 2.24) is 15.0 Å². The quantitative estimate of drug-likeness (QED) is 0.236. The van der Waals surface area contributed by atoms with E-state index in [1.165, 1.54) is 0 Å². The van der Waals surface area contributed by atoms with Crippen LogP contribution in [-0.4, -0.2) is 55.7 Å². The van der Waals surface area contributed by atoms with Gasteiger partial charge in [0.2, 0.25) is 11.8 Å². The van der Waals surface area contributed by atoms with Crippen molar-refractivity contribution in [3.05, 3.63) is 53.3 Å². The van der Waals surface area contributed by atoms with Crippen LogP contribution in [0.15, 0.2) is 36.5 Å². The Morgan fingerprint density at radius 2 is 1.91 bits per heavy atom. The smallest absolute Gasteiger partial charge is 0.238 e. The van der Waals surface area contributed by atoms with E-state index in [0.29, 0.717) is 42.1 Å². The topological polar surface area (TPSA) is 114 Å². The third kappa shape index (κ3) is 6.75. The molecule has 0 radical (unpaired) electrons. The largest absolute Gasteiger partial charge is 0.473 e. The SMILES string of the molecule is CC(C)Oc1nc(C2CCOCC2)ccc1Nc1nccc(-c2cc(C#N)c3c(c2)[C@@](C)(CO[Si](C)(C)C(C)(C)C)CN3)n1. The first-order valence-corrected chi connectivity index (χ1v) is 18.5. The Bertz CT molecular complexity index is 1540. The van der Waals surface area contributed by atoms with Gasteiger partial charge in [-0.2, -0.15) is 5.26 Å². The summed E-state index contributed by atoms with van der Waals surface area (Å²) in [4.78, 5) is 14.3. The molecule has 44 heavy (non-hydrogen) atoms. The van der Waals surface area contributed by atoms with Gasteiger partial charge in [0, 0.05) is 55.2 Å². The van der Waals surface area contributed by atoms with Crippen LogP contribution < -0.4 is 15.4 Å². The van der Waals surface area contributed by atoms with Gasteiger partial charge in [-0.15, -0.1) is 0 Å². The van der Waals surface area contributed by atoms with Crippen LogP contribution in [0.1, 0.15) is 77.1 Å². The van der Waals surface area contributed by atoms with Gasteiger partial charge in [0.1, 0.15) is 11.8 Å². The molecular formula is C34H46N6O3Si. The van der Waals surface area contributed by atoms with E-state index in [-0.39, 0.29) is 16.6 Å². The van der Waals surface area contributed by atoms with Crippen LogP contribution in [0.2, 0.25) is 18.1 Å². The maximum Gasteiger partial charge on any atom is 0.238 e. The van der Waals surface area contributed by atoms with E-state index in [1.807, 2.05) is 32.0 Å². The molecule has 3 aromatic rings. The van der Waals surface area contributed by atoms with Gasteiger partial charge in [0.05, 0.1) is 23.0 Å². The number of benzene rings is 1. The van der Waals surface area contributed by atoms with Gasteiger partial charge in [-0.25, -0.2) is 15.0 Å². The number of aromatic nitrogens is 3. The highest BCUT2D eigenvalue weighted by molar-refractivity contribution is 6.74. The van der Waals surface area contributed by atoms with Crippen molar-refractivity contribution in [1.29, 1.82) is 5.26 Å². The summed E-state index contributed by atoms with van der Waals surface area (Å²) in [5.74, 6) is 1.32. The van der Waals surface area contributed by atoms with E-state index in [4.69, 9.17) is 23.9 Å². The van der Waals surface area contributed by atoms with Crippen molar-refractivity contribution < 1.29 is 13.9 Å². The number of hydrogen-bond acceptors (Lipinski definition) is 9. The minimum absolute atomic E-state index is 0.0420. The van der Waals surface area contributed by atoms with E-state index < -0.39 is 8.32 Å². The van der Waals surface area contributed by atoms with E-state index in [9.17, 15) is 5.26 Å². The van der Waals surface area contributed by atoms with Crippen molar-refractivity contribution in [2.24, 2.45) is 0 Å². The number of fused-ring (bicyclic) bond motifs is 1. The minimum atomic E-state index is -1.96. The summed E-state index contributed by atoms with van der Waals surface area (Å²) in [6.07, 6.45) is 3.59. The lowest BCUT2D eigenvalue weighted by molar-refractivity contribution is 0.0842. The molecule has 0 spiro atoms. The molecule has 234 valence electrons. The van der Waals surface area contributed by atoms with Crippen LogP contribution in [0.3, 0.4) is 0 Å². The minimum Gasteiger partial charge on any atom is -0.473 e. The first kappa shape index (κ1) is 31.9. The standard InChI is InChI=1S/C34H46N6O3Si/c1-22(2)43-31-29(10-9-27(38-31)23-12-15-41-16-13-23)40-32-36-14-11-28(39-32)24-17-25(19-35)30-26(18-24)34(6,20-37-30)21-42-44(7,8)33(3,4)5/h9-11,14,17-18,22-23,37H,12-13,15-16,20-21H2,1-8H3,(H,36,39,40)/t34-/m1/s1. The summed E-state index contributed by atoms with van der Waals surface area (Å²) in [5.41, 5.74) is 5.59. The zero-order chi connectivity index (χ0) is 31.7. The predicted molar refractivity (Wildman–Crippen MR) is 177 cm³/mol. The summed E-state index contributed by atoms with van der Waals surface area (Å²) in [6.45, 7) is 20.3. The van der Waals surface area contributed by atoms with Gasteiger partial charge in [-0.05, 0) is 80.7 Å². The van der Waals surface area contributed by atoms with Crippen molar-refractivity contribution >= 4 is 25.6 Å². The summed E-state index contributed by atoms with van der Waals surface area (Å²) in [7, 11) is -1.96. The molecule has 0 saturated carbocycles. The summed E-state index contributed by atoms with van der Waals surface area (Å²) >= 11 is 0. The fourth-order valence-electron chi connectivity index (χ4n) is 5.39. The average molecular weight is 615 g/mol. The molecule has 2 aromatic heterocycles. The second-order valence-corrected chi connectivity index (χ2v) is 18.9. The molecule has 0 bridgehead atoms. The Morgan fingerprint density at radius 3 is 2.59 bits per heavy atom. The number of hydrogen-bond donors (Lipinski definition) is 2. The lowest BCUT2D eigenvalue weighted by Gasteiger charge is -2.39. The first-order chi connectivity index (χ1) is 20.8. The van der Waals surface area contributed by atoms with E-state index in [1.54, 1.807) is 6.20 Å². The van der Waals surface area contributed by atoms with Crippen LogP contribution in [0.5, 0.6) is 5.88 Å². The highest BCUT2D eigenvalue weighted by atomic mass is 28.4. The van der Waals surface area contributed by atoms with Gasteiger partial charge < -0.3 is 24.5 Å². The zero-order valence-electron chi connectivity index (χ0n) is 27.4. The Kier molecular flexibility index (Phi) is 9.03. The molecule has 1 fully saturated rings. The molecule has 2 N–H and O–H groups in total. The Balaban J connectivity index is 1.44. The predicted octanol–water partition coefficient (Wildman–Crippen LogP) is 7.54. The van der Waals surface area contributed by atoms with E-state index in [2.05, 4.69) is 74.6 Å². The number of anilines is 3. The van der Waals surface area contributed by atoms with Crippen LogP contribution in [-0.2, 0) is 14.6 Å². The second-order valence-electron chi connectivity index (χ2n) is 14.1. The van der Waals surface area contributed by atoms with E-state index >= 15 is 0 Å². The second kappa shape index (κ2) is 12.5. The number of pyridine rings is 1. The molecular weight excluding hydrogens is 568 g/mol. The third-order valence-electron chi connectivity index (χ3n) is 9.19.